The van der Waals surface area contributed by atoms with E-state index in [4.69, 9.17) is 0 Å². The lowest BCUT2D eigenvalue weighted by atomic mass is 10.1. The molecule has 5 heteroatoms. The zero-order chi connectivity index (χ0) is 13.0. The van der Waals surface area contributed by atoms with E-state index in [0.29, 0.717) is 18.0 Å². The van der Waals surface area contributed by atoms with Gasteiger partial charge in [0.25, 0.3) is 0 Å². The largest absolute Gasteiger partial charge is 0.312 e. The van der Waals surface area contributed by atoms with E-state index in [1.807, 2.05) is 0 Å². The fraction of sp³-hybridized carbons (Fsp3) is 0.538. The maximum absolute atomic E-state index is 13.7. The fourth-order valence-electron chi connectivity index (χ4n) is 2.47. The van der Waals surface area contributed by atoms with E-state index in [0.717, 1.165) is 6.54 Å². The van der Waals surface area contributed by atoms with Gasteiger partial charge in [0, 0.05) is 18.2 Å². The second-order valence-corrected chi connectivity index (χ2v) is 4.79. The highest BCUT2D eigenvalue weighted by molar-refractivity contribution is 5.36. The first-order valence-corrected chi connectivity index (χ1v) is 6.31. The molecule has 0 bridgehead atoms. The van der Waals surface area contributed by atoms with Gasteiger partial charge in [0.05, 0.1) is 4.92 Å². The van der Waals surface area contributed by atoms with Gasteiger partial charge in [-0.3, -0.25) is 10.1 Å². The predicted octanol–water partition coefficient (Wildman–Crippen LogP) is 3.01. The maximum atomic E-state index is 13.7. The minimum absolute atomic E-state index is 0.351. The molecule has 0 atom stereocenters. The van der Waals surface area contributed by atoms with Crippen LogP contribution in [-0.2, 0) is 6.54 Å². The molecule has 0 aliphatic heterocycles. The van der Waals surface area contributed by atoms with E-state index < -0.39 is 16.4 Å². The van der Waals surface area contributed by atoms with Crippen LogP contribution < -0.4 is 5.32 Å². The topological polar surface area (TPSA) is 55.2 Å². The summed E-state index contributed by atoms with van der Waals surface area (Å²) >= 11 is 0. The Bertz CT molecular complexity index is 431. The monoisotopic (exact) mass is 252 g/mol. The number of nitro groups is 1. The van der Waals surface area contributed by atoms with Gasteiger partial charge in [-0.15, -0.1) is 0 Å². The molecule has 0 amide bonds. The summed E-state index contributed by atoms with van der Waals surface area (Å²) in [6.45, 7) is 1.21. The van der Waals surface area contributed by atoms with Crippen molar-refractivity contribution in [2.45, 2.75) is 32.2 Å². The fourth-order valence-corrected chi connectivity index (χ4v) is 2.47. The number of nitro benzene ring substituents is 1. The number of hydrogen-bond donors (Lipinski definition) is 1. The third kappa shape index (κ3) is 3.04. The van der Waals surface area contributed by atoms with Crippen molar-refractivity contribution < 1.29 is 9.31 Å². The Morgan fingerprint density at radius 3 is 2.78 bits per heavy atom. The Kier molecular flexibility index (Phi) is 4.25. The lowest BCUT2D eigenvalue weighted by molar-refractivity contribution is -0.387. The quantitative estimate of drug-likeness (QED) is 0.647. The van der Waals surface area contributed by atoms with Gasteiger partial charge >= 0.3 is 5.69 Å². The van der Waals surface area contributed by atoms with Crippen LogP contribution in [0.4, 0.5) is 10.1 Å². The van der Waals surface area contributed by atoms with Crippen molar-refractivity contribution in [1.82, 2.24) is 5.32 Å². The highest BCUT2D eigenvalue weighted by atomic mass is 19.1. The van der Waals surface area contributed by atoms with Gasteiger partial charge in [0.1, 0.15) is 0 Å². The summed E-state index contributed by atoms with van der Waals surface area (Å²) in [5, 5.41) is 13.8. The Morgan fingerprint density at radius 1 is 1.39 bits per heavy atom. The van der Waals surface area contributed by atoms with E-state index in [1.54, 1.807) is 6.07 Å². The first-order chi connectivity index (χ1) is 8.68. The summed E-state index contributed by atoms with van der Waals surface area (Å²) in [6.07, 6.45) is 5.00. The molecule has 1 aliphatic rings. The molecule has 1 aromatic rings. The second kappa shape index (κ2) is 5.91. The highest BCUT2D eigenvalue weighted by Gasteiger charge is 2.18. The summed E-state index contributed by atoms with van der Waals surface area (Å²) in [4.78, 5) is 9.92. The van der Waals surface area contributed by atoms with Crippen molar-refractivity contribution in [2.24, 2.45) is 5.92 Å². The summed E-state index contributed by atoms with van der Waals surface area (Å²) in [6, 6.07) is 4.30. The number of halogens is 1. The summed E-state index contributed by atoms with van der Waals surface area (Å²) in [5.41, 5.74) is -0.0858. The third-order valence-corrected chi connectivity index (χ3v) is 3.48. The first kappa shape index (κ1) is 13.0. The van der Waals surface area contributed by atoms with Crippen LogP contribution in [-0.4, -0.2) is 11.5 Å². The standard InChI is InChI=1S/C13H17FN2O2/c14-13-11(6-3-7-12(13)16(17)18)9-15-8-10-4-1-2-5-10/h3,6-7,10,15H,1-2,4-5,8-9H2. The summed E-state index contributed by atoms with van der Waals surface area (Å²) in [5.74, 6) is -0.0480. The SMILES string of the molecule is O=[N+]([O-])c1cccc(CNCC2CCCC2)c1F. The number of hydrogen-bond acceptors (Lipinski definition) is 3. The minimum Gasteiger partial charge on any atom is -0.312 e. The molecule has 0 radical (unpaired) electrons. The lowest BCUT2D eigenvalue weighted by Crippen LogP contribution is -2.21. The first-order valence-electron chi connectivity index (χ1n) is 6.31. The lowest BCUT2D eigenvalue weighted by Gasteiger charge is -2.10. The van der Waals surface area contributed by atoms with Gasteiger partial charge in [-0.05, 0) is 25.3 Å². The molecule has 0 saturated heterocycles. The minimum atomic E-state index is -0.721. The second-order valence-electron chi connectivity index (χ2n) is 4.79. The van der Waals surface area contributed by atoms with E-state index in [9.17, 15) is 14.5 Å². The average molecular weight is 252 g/mol. The van der Waals surface area contributed by atoms with Crippen molar-refractivity contribution in [3.63, 3.8) is 0 Å². The van der Waals surface area contributed by atoms with Crippen LogP contribution in [0.1, 0.15) is 31.2 Å². The molecule has 1 saturated carbocycles. The maximum Gasteiger partial charge on any atom is 0.305 e. The Balaban J connectivity index is 1.92. The highest BCUT2D eigenvalue weighted by Crippen LogP contribution is 2.24. The zero-order valence-electron chi connectivity index (χ0n) is 10.2. The van der Waals surface area contributed by atoms with Crippen LogP contribution in [0.25, 0.3) is 0 Å². The molecule has 1 aliphatic carbocycles. The molecule has 1 aromatic carbocycles. The average Bonchev–Trinajstić information content (AvgIpc) is 2.84. The van der Waals surface area contributed by atoms with Crippen LogP contribution >= 0.6 is 0 Å². The van der Waals surface area contributed by atoms with Crippen molar-refractivity contribution in [2.75, 3.05) is 6.54 Å². The van der Waals surface area contributed by atoms with Crippen LogP contribution in [0.5, 0.6) is 0 Å². The van der Waals surface area contributed by atoms with Crippen molar-refractivity contribution >= 4 is 5.69 Å². The van der Waals surface area contributed by atoms with E-state index in [2.05, 4.69) is 5.32 Å². The van der Waals surface area contributed by atoms with E-state index >= 15 is 0 Å². The van der Waals surface area contributed by atoms with Crippen LogP contribution in [0.2, 0.25) is 0 Å². The molecular formula is C13H17FN2O2. The number of nitrogens with zero attached hydrogens (tertiary/aromatic N) is 1. The normalized spacial score (nSPS) is 16.1. The molecule has 1 N–H and O–H groups in total. The smallest absolute Gasteiger partial charge is 0.305 e. The summed E-state index contributed by atoms with van der Waals surface area (Å²) in [7, 11) is 0. The van der Waals surface area contributed by atoms with Gasteiger partial charge in [-0.1, -0.05) is 25.0 Å². The van der Waals surface area contributed by atoms with Crippen molar-refractivity contribution in [3.05, 3.63) is 39.7 Å². The van der Waals surface area contributed by atoms with Crippen LogP contribution in [0.15, 0.2) is 18.2 Å². The number of rotatable bonds is 5. The van der Waals surface area contributed by atoms with E-state index in [1.165, 1.54) is 37.8 Å². The van der Waals surface area contributed by atoms with Gasteiger partial charge in [0.2, 0.25) is 5.82 Å². The zero-order valence-corrected chi connectivity index (χ0v) is 10.2. The number of nitrogens with one attached hydrogen (secondary N) is 1. The van der Waals surface area contributed by atoms with Gasteiger partial charge < -0.3 is 5.32 Å². The Hall–Kier alpha value is -1.49. The molecule has 4 nitrogen and oxygen atoms in total. The molecule has 98 valence electrons. The van der Waals surface area contributed by atoms with Gasteiger partial charge in [-0.25, -0.2) is 0 Å². The third-order valence-electron chi connectivity index (χ3n) is 3.48. The van der Waals surface area contributed by atoms with Gasteiger partial charge in [-0.2, -0.15) is 4.39 Å². The molecule has 0 unspecified atom stereocenters. The summed E-state index contributed by atoms with van der Waals surface area (Å²) < 4.78 is 13.7. The van der Waals surface area contributed by atoms with Crippen LogP contribution in [0, 0.1) is 21.8 Å². The van der Waals surface area contributed by atoms with E-state index in [-0.39, 0.29) is 0 Å². The van der Waals surface area contributed by atoms with Crippen molar-refractivity contribution in [1.29, 1.82) is 0 Å². The molecule has 1 fully saturated rings. The van der Waals surface area contributed by atoms with Crippen molar-refractivity contribution in [3.8, 4) is 0 Å². The molecule has 2 rings (SSSR count). The van der Waals surface area contributed by atoms with Crippen LogP contribution in [0.3, 0.4) is 0 Å². The van der Waals surface area contributed by atoms with Gasteiger partial charge in [0.15, 0.2) is 0 Å². The molecule has 0 spiro atoms. The Labute approximate surface area is 105 Å². The molecule has 0 heterocycles. The Morgan fingerprint density at radius 2 is 2.11 bits per heavy atom. The molecule has 18 heavy (non-hydrogen) atoms. The number of benzene rings is 1. The predicted molar refractivity (Wildman–Crippen MR) is 66.7 cm³/mol. The molecular weight excluding hydrogens is 235 g/mol. The molecule has 0 aromatic heterocycles.